The number of rotatable bonds is 6. The van der Waals surface area contributed by atoms with E-state index in [9.17, 15) is 19.2 Å². The molecule has 8 heteroatoms. The molecule has 2 N–H and O–H groups in total. The van der Waals surface area contributed by atoms with Crippen molar-refractivity contribution in [3.05, 3.63) is 6.42 Å². The summed E-state index contributed by atoms with van der Waals surface area (Å²) in [5.41, 5.74) is 4.81. The number of nitrogens with zero attached hydrogens (tertiary/aromatic N) is 2. The molecule has 2 rings (SSSR count). The average molecular weight is 380 g/mol. The number of fused-ring (bicyclic) bond motifs is 1. The molecule has 4 unspecified atom stereocenters. The van der Waals surface area contributed by atoms with Gasteiger partial charge in [0.25, 0.3) is 5.91 Å². The summed E-state index contributed by atoms with van der Waals surface area (Å²) >= 11 is 0. The Morgan fingerprint density at radius 3 is 2.44 bits per heavy atom. The zero-order valence-electron chi connectivity index (χ0n) is 16.7. The summed E-state index contributed by atoms with van der Waals surface area (Å²) in [6.07, 6.45) is 1.53. The van der Waals surface area contributed by atoms with Crippen LogP contribution in [0.5, 0.6) is 0 Å². The van der Waals surface area contributed by atoms with Gasteiger partial charge in [0.05, 0.1) is 19.0 Å². The van der Waals surface area contributed by atoms with Gasteiger partial charge in [-0.25, -0.2) is 0 Å². The number of amides is 3. The van der Waals surface area contributed by atoms with Gasteiger partial charge in [0.15, 0.2) is 5.78 Å². The van der Waals surface area contributed by atoms with E-state index in [0.717, 1.165) is 0 Å². The van der Waals surface area contributed by atoms with Crippen LogP contribution in [0.3, 0.4) is 0 Å². The first-order valence-corrected chi connectivity index (χ1v) is 9.28. The lowest BCUT2D eigenvalue weighted by molar-refractivity contribution is -0.150. The predicted octanol–water partition coefficient (Wildman–Crippen LogP) is 0.144. The Morgan fingerprint density at radius 1 is 1.30 bits per heavy atom. The molecule has 0 spiro atoms. The SMILES string of the molecule is COC(C(=O)N1CC(=O)C2C1CCN2C(=O)[CH]CC(C)C(N)=O)C(C)(C)C. The van der Waals surface area contributed by atoms with Crippen molar-refractivity contribution >= 4 is 23.5 Å². The fraction of sp³-hybridized carbons (Fsp3) is 0.737. The number of hydrogen-bond donors (Lipinski definition) is 1. The Balaban J connectivity index is 2.08. The van der Waals surface area contributed by atoms with Crippen LogP contribution in [0, 0.1) is 17.8 Å². The highest BCUT2D eigenvalue weighted by atomic mass is 16.5. The Kier molecular flexibility index (Phi) is 6.29. The molecule has 4 atom stereocenters. The minimum absolute atomic E-state index is 0.00836. The Labute approximate surface area is 160 Å². The monoisotopic (exact) mass is 380 g/mol. The molecule has 2 aliphatic rings. The van der Waals surface area contributed by atoms with E-state index >= 15 is 0 Å². The summed E-state index contributed by atoms with van der Waals surface area (Å²) in [5.74, 6) is -1.57. The van der Waals surface area contributed by atoms with Crippen LogP contribution in [0.1, 0.15) is 40.5 Å². The number of nitrogens with two attached hydrogens (primary N) is 1. The van der Waals surface area contributed by atoms with Gasteiger partial charge >= 0.3 is 0 Å². The second kappa shape index (κ2) is 7.96. The molecule has 2 fully saturated rings. The van der Waals surface area contributed by atoms with Crippen LogP contribution in [-0.2, 0) is 23.9 Å². The van der Waals surface area contributed by atoms with Crippen LogP contribution < -0.4 is 5.73 Å². The summed E-state index contributed by atoms with van der Waals surface area (Å²) in [6, 6.07) is -0.949. The van der Waals surface area contributed by atoms with Crippen LogP contribution in [0.4, 0.5) is 0 Å². The van der Waals surface area contributed by atoms with Gasteiger partial charge in [-0.2, -0.15) is 0 Å². The van der Waals surface area contributed by atoms with Crippen molar-refractivity contribution in [3.63, 3.8) is 0 Å². The summed E-state index contributed by atoms with van der Waals surface area (Å²) in [5, 5.41) is 0. The molecule has 2 heterocycles. The van der Waals surface area contributed by atoms with Crippen molar-refractivity contribution in [1.82, 2.24) is 9.80 Å². The van der Waals surface area contributed by atoms with Crippen molar-refractivity contribution in [2.24, 2.45) is 17.1 Å². The third-order valence-corrected chi connectivity index (χ3v) is 5.37. The summed E-state index contributed by atoms with van der Waals surface area (Å²) < 4.78 is 5.40. The van der Waals surface area contributed by atoms with Crippen LogP contribution in [-0.4, -0.2) is 71.7 Å². The molecule has 0 bridgehead atoms. The lowest BCUT2D eigenvalue weighted by Crippen LogP contribution is -2.49. The Bertz CT molecular complexity index is 627. The van der Waals surface area contributed by atoms with Gasteiger partial charge in [-0.15, -0.1) is 0 Å². The number of Topliss-reactive ketones (excluding diaryl/α,β-unsaturated/α-hetero) is 1. The third-order valence-electron chi connectivity index (χ3n) is 5.37. The number of likely N-dealkylation sites (tertiary alicyclic amines) is 2. The Hall–Kier alpha value is -1.96. The smallest absolute Gasteiger partial charge is 0.252 e. The van der Waals surface area contributed by atoms with Crippen molar-refractivity contribution in [2.45, 2.75) is 58.7 Å². The molecule has 151 valence electrons. The highest BCUT2D eigenvalue weighted by Gasteiger charge is 2.52. The van der Waals surface area contributed by atoms with E-state index in [0.29, 0.717) is 13.0 Å². The molecule has 0 saturated carbocycles. The van der Waals surface area contributed by atoms with Crippen molar-refractivity contribution < 1.29 is 23.9 Å². The molecule has 8 nitrogen and oxygen atoms in total. The fourth-order valence-electron chi connectivity index (χ4n) is 3.84. The number of carbonyl (C=O) groups excluding carboxylic acids is 4. The number of hydrogen-bond acceptors (Lipinski definition) is 5. The highest BCUT2D eigenvalue weighted by molar-refractivity contribution is 5.99. The minimum atomic E-state index is -0.656. The van der Waals surface area contributed by atoms with E-state index in [1.54, 1.807) is 11.8 Å². The van der Waals surface area contributed by atoms with Crippen LogP contribution in [0.25, 0.3) is 0 Å². The van der Waals surface area contributed by atoms with E-state index in [1.807, 2.05) is 20.8 Å². The third kappa shape index (κ3) is 4.31. The molecule has 3 amide bonds. The maximum Gasteiger partial charge on any atom is 0.252 e. The van der Waals surface area contributed by atoms with E-state index < -0.39 is 29.4 Å². The first kappa shape index (κ1) is 21.3. The zero-order valence-corrected chi connectivity index (χ0v) is 16.7. The number of carbonyl (C=O) groups is 4. The largest absolute Gasteiger partial charge is 0.371 e. The van der Waals surface area contributed by atoms with Crippen molar-refractivity contribution in [1.29, 1.82) is 0 Å². The van der Waals surface area contributed by atoms with Crippen molar-refractivity contribution in [3.8, 4) is 0 Å². The predicted molar refractivity (Wildman–Crippen MR) is 98.2 cm³/mol. The highest BCUT2D eigenvalue weighted by Crippen LogP contribution is 2.33. The van der Waals surface area contributed by atoms with E-state index in [1.165, 1.54) is 18.4 Å². The molecule has 27 heavy (non-hydrogen) atoms. The van der Waals surface area contributed by atoms with Gasteiger partial charge in [-0.3, -0.25) is 19.2 Å². The number of ether oxygens (including phenoxy) is 1. The van der Waals surface area contributed by atoms with Gasteiger partial charge in [0, 0.05) is 19.6 Å². The number of methoxy groups -OCH3 is 1. The Morgan fingerprint density at radius 2 is 1.93 bits per heavy atom. The lowest BCUT2D eigenvalue weighted by Gasteiger charge is -2.33. The van der Waals surface area contributed by atoms with Gasteiger partial charge in [-0.1, -0.05) is 27.7 Å². The first-order valence-electron chi connectivity index (χ1n) is 9.28. The van der Waals surface area contributed by atoms with Gasteiger partial charge in [0.1, 0.15) is 12.1 Å². The van der Waals surface area contributed by atoms with E-state index in [4.69, 9.17) is 10.5 Å². The lowest BCUT2D eigenvalue weighted by atomic mass is 9.88. The summed E-state index contributed by atoms with van der Waals surface area (Å²) in [6.45, 7) is 7.77. The molecule has 0 aromatic carbocycles. The quantitative estimate of drug-likeness (QED) is 0.705. The summed E-state index contributed by atoms with van der Waals surface area (Å²) in [7, 11) is 1.49. The molecular weight excluding hydrogens is 350 g/mol. The number of ketones is 1. The molecule has 0 aromatic rings. The second-order valence-electron chi connectivity index (χ2n) is 8.49. The molecule has 0 aromatic heterocycles. The van der Waals surface area contributed by atoms with Gasteiger partial charge < -0.3 is 20.3 Å². The van der Waals surface area contributed by atoms with Crippen LogP contribution >= 0.6 is 0 Å². The maximum absolute atomic E-state index is 13.0. The molecule has 2 saturated heterocycles. The molecule has 2 aliphatic heterocycles. The van der Waals surface area contributed by atoms with Crippen molar-refractivity contribution in [2.75, 3.05) is 20.2 Å². The molecule has 0 aliphatic carbocycles. The standard InChI is InChI=1S/C19H30N3O5/c1-11(17(20)25)6-7-14(24)21-9-8-12-15(21)13(23)10-22(12)18(26)16(27-5)19(2,3)4/h7,11-12,15-16H,6,8-10H2,1-5H3,(H2,20,25). The zero-order chi connectivity index (χ0) is 20.5. The average Bonchev–Trinajstić information content (AvgIpc) is 3.13. The fourth-order valence-corrected chi connectivity index (χ4v) is 3.84. The van der Waals surface area contributed by atoms with Crippen LogP contribution in [0.15, 0.2) is 0 Å². The summed E-state index contributed by atoms with van der Waals surface area (Å²) in [4.78, 5) is 52.3. The topological polar surface area (TPSA) is 110 Å². The minimum Gasteiger partial charge on any atom is -0.371 e. The molecular formula is C19H30N3O5. The second-order valence-corrected chi connectivity index (χ2v) is 8.49. The van der Waals surface area contributed by atoms with Gasteiger partial charge in [0.2, 0.25) is 11.8 Å². The van der Waals surface area contributed by atoms with E-state index in [-0.39, 0.29) is 36.6 Å². The van der Waals surface area contributed by atoms with E-state index in [2.05, 4.69) is 0 Å². The normalized spacial score (nSPS) is 24.7. The number of primary amides is 1. The van der Waals surface area contributed by atoms with Gasteiger partial charge in [-0.05, 0) is 18.3 Å². The first-order chi connectivity index (χ1) is 12.5. The van der Waals surface area contributed by atoms with Crippen LogP contribution in [0.2, 0.25) is 0 Å². The maximum atomic E-state index is 13.0. The molecule has 1 radical (unpaired) electrons.